The van der Waals surface area contributed by atoms with E-state index in [4.69, 9.17) is 27.1 Å². The predicted molar refractivity (Wildman–Crippen MR) is 137 cm³/mol. The highest BCUT2D eigenvalue weighted by Gasteiger charge is 2.58. The van der Waals surface area contributed by atoms with Gasteiger partial charge in [-0.2, -0.15) is 0 Å². The summed E-state index contributed by atoms with van der Waals surface area (Å²) in [5, 5.41) is 11.4. The fourth-order valence-electron chi connectivity index (χ4n) is 5.95. The van der Waals surface area contributed by atoms with Gasteiger partial charge in [0.15, 0.2) is 6.73 Å². The molecule has 0 amide bonds. The highest BCUT2D eigenvalue weighted by molar-refractivity contribution is 6.33. The zero-order valence-corrected chi connectivity index (χ0v) is 20.0. The maximum Gasteiger partial charge on any atom is 0.167 e. The molecule has 3 aromatic carbocycles. The molecule has 0 radical (unpaired) electrons. The molecule has 0 unspecified atom stereocenters. The Morgan fingerprint density at radius 3 is 2.40 bits per heavy atom. The van der Waals surface area contributed by atoms with Gasteiger partial charge in [0, 0.05) is 16.7 Å². The summed E-state index contributed by atoms with van der Waals surface area (Å²) in [5.74, 6) is 1.98. The van der Waals surface area contributed by atoms with Crippen molar-refractivity contribution in [3.8, 4) is 39.7 Å². The zero-order chi connectivity index (χ0) is 23.8. The Morgan fingerprint density at radius 2 is 1.69 bits per heavy atom. The Morgan fingerprint density at radius 1 is 0.943 bits per heavy atom. The summed E-state index contributed by atoms with van der Waals surface area (Å²) >= 11 is 6.60. The van der Waals surface area contributed by atoms with Crippen molar-refractivity contribution in [2.75, 3.05) is 0 Å². The van der Waals surface area contributed by atoms with E-state index in [2.05, 4.69) is 41.0 Å². The number of nitrogens with two attached hydrogens (primary N) is 1. The van der Waals surface area contributed by atoms with Gasteiger partial charge in [-0.25, -0.2) is 4.98 Å². The van der Waals surface area contributed by atoms with Crippen molar-refractivity contribution in [2.24, 2.45) is 11.7 Å². The van der Waals surface area contributed by atoms with Crippen molar-refractivity contribution in [1.29, 1.82) is 0 Å². The van der Waals surface area contributed by atoms with Crippen molar-refractivity contribution < 1.29 is 9.84 Å². The molecule has 4 aromatic rings. The summed E-state index contributed by atoms with van der Waals surface area (Å²) < 4.78 is 8.17. The second-order valence-electron chi connectivity index (χ2n) is 10.3. The van der Waals surface area contributed by atoms with Crippen LogP contribution in [0.25, 0.3) is 33.9 Å². The first-order chi connectivity index (χ1) is 17.0. The summed E-state index contributed by atoms with van der Waals surface area (Å²) in [4.78, 5) is 5.11. The number of ether oxygens (including phenoxy) is 1. The molecule has 1 aliphatic heterocycles. The lowest BCUT2D eigenvalue weighted by molar-refractivity contribution is -0.106. The topological polar surface area (TPSA) is 73.3 Å². The van der Waals surface area contributed by atoms with Crippen LogP contribution in [0.2, 0.25) is 5.02 Å². The Hall–Kier alpha value is -3.12. The van der Waals surface area contributed by atoms with Crippen LogP contribution in [-0.4, -0.2) is 20.3 Å². The van der Waals surface area contributed by atoms with Gasteiger partial charge >= 0.3 is 0 Å². The van der Waals surface area contributed by atoms with E-state index in [1.807, 2.05) is 36.4 Å². The number of halogens is 1. The number of aliphatic hydroxyl groups is 1. The molecule has 176 valence electrons. The summed E-state index contributed by atoms with van der Waals surface area (Å²) in [6.07, 6.45) is 3.50. The number of hydrogen-bond donors (Lipinski definition) is 2. The lowest BCUT2D eigenvalue weighted by atomic mass is 9.60. The van der Waals surface area contributed by atoms with Crippen molar-refractivity contribution in [3.05, 3.63) is 83.4 Å². The van der Waals surface area contributed by atoms with E-state index in [-0.39, 0.29) is 0 Å². The van der Waals surface area contributed by atoms with Gasteiger partial charge in [-0.05, 0) is 49.3 Å². The fraction of sp³-hybridized carbons (Fsp3) is 0.276. The second-order valence-corrected chi connectivity index (χ2v) is 10.7. The van der Waals surface area contributed by atoms with Gasteiger partial charge in [0.25, 0.3) is 0 Å². The quantitative estimate of drug-likeness (QED) is 0.374. The molecular formula is C29H26ClN3O2. The number of nitrogens with zero attached hydrogens (tertiary/aromatic N) is 2. The summed E-state index contributed by atoms with van der Waals surface area (Å²) in [7, 11) is 0. The SMILES string of the molecule is N[C@]1(c2ccc(-c3nc4n(c3-c3ccccc3)COc3cccc(Cl)c3-4)cc2)C[C@](O)(C2CC2)C1. The van der Waals surface area contributed by atoms with Gasteiger partial charge < -0.3 is 15.6 Å². The maximum atomic E-state index is 10.8. The normalized spacial score (nSPS) is 24.8. The van der Waals surface area contributed by atoms with E-state index >= 15 is 0 Å². The fourth-order valence-corrected chi connectivity index (χ4v) is 6.20. The smallest absolute Gasteiger partial charge is 0.167 e. The Balaban J connectivity index is 1.32. The van der Waals surface area contributed by atoms with Gasteiger partial charge in [0.2, 0.25) is 0 Å². The minimum Gasteiger partial charge on any atom is -0.472 e. The average Bonchev–Trinajstić information content (AvgIpc) is 3.64. The van der Waals surface area contributed by atoms with Crippen LogP contribution >= 0.6 is 11.6 Å². The van der Waals surface area contributed by atoms with Gasteiger partial charge in [-0.3, -0.25) is 4.57 Å². The number of rotatable bonds is 4. The molecule has 0 saturated heterocycles. The minimum atomic E-state index is -0.580. The zero-order valence-electron chi connectivity index (χ0n) is 19.2. The lowest BCUT2D eigenvalue weighted by Crippen LogP contribution is -2.60. The number of aromatic nitrogens is 2. The van der Waals surface area contributed by atoms with Crippen molar-refractivity contribution >= 4 is 11.6 Å². The van der Waals surface area contributed by atoms with Crippen LogP contribution in [-0.2, 0) is 12.3 Å². The summed E-state index contributed by atoms with van der Waals surface area (Å²) in [6.45, 7) is 0.365. The first-order valence-electron chi connectivity index (χ1n) is 12.2. The van der Waals surface area contributed by atoms with Crippen molar-refractivity contribution in [2.45, 2.75) is 43.6 Å². The number of fused-ring (bicyclic) bond motifs is 3. The van der Waals surface area contributed by atoms with Crippen molar-refractivity contribution in [3.63, 3.8) is 0 Å². The molecule has 6 heteroatoms. The van der Waals surface area contributed by atoms with Gasteiger partial charge in [0.1, 0.15) is 11.6 Å². The van der Waals surface area contributed by atoms with Crippen LogP contribution in [0.3, 0.4) is 0 Å². The van der Waals surface area contributed by atoms with Gasteiger partial charge in [-0.15, -0.1) is 0 Å². The highest BCUT2D eigenvalue weighted by Crippen LogP contribution is 2.57. The standard InChI is InChI=1S/C29H26ClN3O2/c30-22-7-4-8-23-24(22)27-32-25(26(33(27)17-35-23)19-5-2-1-3-6-19)18-9-11-20(12-10-18)28(31)15-29(34,16-28)21-13-14-21/h1-12,21,34H,13-17,31H2/t28-,29-. The van der Waals surface area contributed by atoms with Crippen LogP contribution in [0, 0.1) is 5.92 Å². The molecule has 35 heavy (non-hydrogen) atoms. The molecule has 2 aliphatic carbocycles. The van der Waals surface area contributed by atoms with Crippen molar-refractivity contribution in [1.82, 2.24) is 9.55 Å². The van der Waals surface area contributed by atoms with E-state index in [9.17, 15) is 5.11 Å². The number of imidazole rings is 1. The van der Waals surface area contributed by atoms with Crippen LogP contribution in [0.15, 0.2) is 72.8 Å². The average molecular weight is 484 g/mol. The first kappa shape index (κ1) is 21.2. The summed E-state index contributed by atoms with van der Waals surface area (Å²) in [5.41, 5.74) is 11.5. The van der Waals surface area contributed by atoms with Gasteiger partial charge in [0.05, 0.1) is 27.6 Å². The van der Waals surface area contributed by atoms with E-state index < -0.39 is 11.1 Å². The molecule has 7 rings (SSSR count). The third-order valence-corrected chi connectivity index (χ3v) is 8.19. The Bertz CT molecular complexity index is 1440. The minimum absolute atomic E-state index is 0.365. The van der Waals surface area contributed by atoms with E-state index in [0.717, 1.165) is 58.1 Å². The molecule has 5 nitrogen and oxygen atoms in total. The van der Waals surface area contributed by atoms with E-state index in [1.165, 1.54) is 0 Å². The Labute approximate surface area is 209 Å². The molecule has 0 atom stereocenters. The lowest BCUT2D eigenvalue weighted by Gasteiger charge is -2.52. The molecule has 2 fully saturated rings. The number of hydrogen-bond acceptors (Lipinski definition) is 4. The predicted octanol–water partition coefficient (Wildman–Crippen LogP) is 5.98. The van der Waals surface area contributed by atoms with Crippen LogP contribution < -0.4 is 10.5 Å². The monoisotopic (exact) mass is 483 g/mol. The maximum absolute atomic E-state index is 10.8. The molecule has 2 saturated carbocycles. The van der Waals surface area contributed by atoms with Crippen LogP contribution in [0.5, 0.6) is 5.75 Å². The van der Waals surface area contributed by atoms with Crippen LogP contribution in [0.1, 0.15) is 31.2 Å². The molecule has 3 N–H and O–H groups in total. The third kappa shape index (κ3) is 3.26. The molecule has 2 heterocycles. The van der Waals surface area contributed by atoms with E-state index in [0.29, 0.717) is 30.5 Å². The number of benzene rings is 3. The molecular weight excluding hydrogens is 458 g/mol. The molecule has 0 spiro atoms. The Kier molecular flexibility index (Phi) is 4.50. The van der Waals surface area contributed by atoms with Crippen LogP contribution in [0.4, 0.5) is 0 Å². The first-order valence-corrected chi connectivity index (χ1v) is 12.5. The summed E-state index contributed by atoms with van der Waals surface area (Å²) in [6, 6.07) is 24.3. The second kappa shape index (κ2) is 7.44. The van der Waals surface area contributed by atoms with Gasteiger partial charge in [-0.1, -0.05) is 72.3 Å². The molecule has 1 aromatic heterocycles. The molecule has 3 aliphatic rings. The van der Waals surface area contributed by atoms with E-state index in [1.54, 1.807) is 0 Å². The molecule has 0 bridgehead atoms. The highest BCUT2D eigenvalue weighted by atomic mass is 35.5. The third-order valence-electron chi connectivity index (χ3n) is 7.88. The largest absolute Gasteiger partial charge is 0.472 e.